The van der Waals surface area contributed by atoms with Gasteiger partial charge in [-0.2, -0.15) is 0 Å². The van der Waals surface area contributed by atoms with Crippen LogP contribution in [0.15, 0.2) is 0 Å². The molecular weight excluding hydrogens is 220 g/mol. The highest BCUT2D eigenvalue weighted by Gasteiger charge is 2.35. The van der Waals surface area contributed by atoms with E-state index in [0.29, 0.717) is 6.61 Å². The lowest BCUT2D eigenvalue weighted by Gasteiger charge is -2.42. The Morgan fingerprint density at radius 2 is 1.72 bits per heavy atom. The van der Waals surface area contributed by atoms with Crippen LogP contribution in [-0.4, -0.2) is 11.7 Å². The van der Waals surface area contributed by atoms with Crippen LogP contribution in [0.25, 0.3) is 0 Å². The van der Waals surface area contributed by atoms with Crippen molar-refractivity contribution < 1.29 is 5.11 Å². The summed E-state index contributed by atoms with van der Waals surface area (Å²) in [6, 6.07) is 0. The molecule has 0 bridgehead atoms. The molecule has 0 radical (unpaired) electrons. The maximum Gasteiger partial charge on any atom is 0.0433 e. The van der Waals surface area contributed by atoms with Gasteiger partial charge in [0.05, 0.1) is 0 Å². The van der Waals surface area contributed by atoms with Crippen LogP contribution in [0.3, 0.4) is 0 Å². The van der Waals surface area contributed by atoms with Crippen molar-refractivity contribution in [3.63, 3.8) is 0 Å². The summed E-state index contributed by atoms with van der Waals surface area (Å²) in [5, 5.41) is 9.12. The molecule has 106 valence electrons. The second-order valence-electron chi connectivity index (χ2n) is 7.04. The molecule has 3 unspecified atom stereocenters. The van der Waals surface area contributed by atoms with Crippen molar-refractivity contribution in [1.82, 2.24) is 0 Å². The summed E-state index contributed by atoms with van der Waals surface area (Å²) >= 11 is 0. The van der Waals surface area contributed by atoms with E-state index < -0.39 is 0 Å². The summed E-state index contributed by atoms with van der Waals surface area (Å²) < 4.78 is 0. The SMILES string of the molecule is CCC1CC(CCO)CCC1C1CCC(C)CC1. The summed E-state index contributed by atoms with van der Waals surface area (Å²) in [5.41, 5.74) is 0. The van der Waals surface area contributed by atoms with Gasteiger partial charge in [0.15, 0.2) is 0 Å². The first-order valence-corrected chi connectivity index (χ1v) is 8.35. The highest BCUT2D eigenvalue weighted by molar-refractivity contribution is 4.86. The van der Waals surface area contributed by atoms with E-state index in [4.69, 9.17) is 5.11 Å². The number of aliphatic hydroxyl groups is 1. The van der Waals surface area contributed by atoms with Crippen molar-refractivity contribution in [2.24, 2.45) is 29.6 Å². The molecule has 2 rings (SSSR count). The second-order valence-corrected chi connectivity index (χ2v) is 7.04. The Bertz CT molecular complexity index is 230. The average Bonchev–Trinajstić information content (AvgIpc) is 2.40. The van der Waals surface area contributed by atoms with Gasteiger partial charge in [-0.15, -0.1) is 0 Å². The summed E-state index contributed by atoms with van der Waals surface area (Å²) in [4.78, 5) is 0. The average molecular weight is 252 g/mol. The Kier molecular flexibility index (Phi) is 5.54. The molecule has 0 amide bonds. The van der Waals surface area contributed by atoms with Crippen molar-refractivity contribution in [3.8, 4) is 0 Å². The van der Waals surface area contributed by atoms with Gasteiger partial charge >= 0.3 is 0 Å². The molecule has 1 nitrogen and oxygen atoms in total. The quantitative estimate of drug-likeness (QED) is 0.773. The smallest absolute Gasteiger partial charge is 0.0433 e. The maximum atomic E-state index is 9.12. The Morgan fingerprint density at radius 3 is 2.33 bits per heavy atom. The Balaban J connectivity index is 1.88. The fourth-order valence-corrected chi connectivity index (χ4v) is 4.63. The maximum absolute atomic E-state index is 9.12. The molecule has 2 aliphatic carbocycles. The van der Waals surface area contributed by atoms with Crippen LogP contribution in [0.5, 0.6) is 0 Å². The normalized spacial score (nSPS) is 41.8. The predicted octanol–water partition coefficient (Wildman–Crippen LogP) is 4.64. The highest BCUT2D eigenvalue weighted by atomic mass is 16.3. The third kappa shape index (κ3) is 3.50. The molecular formula is C17H32O. The lowest BCUT2D eigenvalue weighted by molar-refractivity contribution is 0.0782. The zero-order valence-electron chi connectivity index (χ0n) is 12.4. The van der Waals surface area contributed by atoms with E-state index >= 15 is 0 Å². The molecule has 18 heavy (non-hydrogen) atoms. The second kappa shape index (κ2) is 6.93. The van der Waals surface area contributed by atoms with Crippen molar-refractivity contribution >= 4 is 0 Å². The fraction of sp³-hybridized carbons (Fsp3) is 1.00. The van der Waals surface area contributed by atoms with E-state index in [9.17, 15) is 0 Å². The molecule has 0 aromatic heterocycles. The van der Waals surface area contributed by atoms with Gasteiger partial charge in [0.2, 0.25) is 0 Å². The lowest BCUT2D eigenvalue weighted by atomic mass is 9.63. The highest BCUT2D eigenvalue weighted by Crippen LogP contribution is 2.45. The molecule has 2 fully saturated rings. The van der Waals surface area contributed by atoms with E-state index in [1.54, 1.807) is 0 Å². The van der Waals surface area contributed by atoms with Gasteiger partial charge in [-0.05, 0) is 61.7 Å². The van der Waals surface area contributed by atoms with Crippen LogP contribution in [0, 0.1) is 29.6 Å². The minimum Gasteiger partial charge on any atom is -0.396 e. The van der Waals surface area contributed by atoms with E-state index in [1.165, 1.54) is 51.4 Å². The molecule has 1 heteroatoms. The van der Waals surface area contributed by atoms with Gasteiger partial charge < -0.3 is 5.11 Å². The Labute approximate surface area is 113 Å². The zero-order chi connectivity index (χ0) is 13.0. The van der Waals surface area contributed by atoms with E-state index in [-0.39, 0.29) is 0 Å². The first-order valence-electron chi connectivity index (χ1n) is 8.35. The molecule has 0 aromatic rings. The van der Waals surface area contributed by atoms with Gasteiger partial charge in [0.1, 0.15) is 0 Å². The first-order chi connectivity index (χ1) is 8.74. The fourth-order valence-electron chi connectivity index (χ4n) is 4.63. The molecule has 0 aliphatic heterocycles. The van der Waals surface area contributed by atoms with Crippen LogP contribution >= 0.6 is 0 Å². The largest absolute Gasteiger partial charge is 0.396 e. The predicted molar refractivity (Wildman–Crippen MR) is 77.4 cm³/mol. The van der Waals surface area contributed by atoms with Crippen molar-refractivity contribution in [2.75, 3.05) is 6.61 Å². The molecule has 3 atom stereocenters. The topological polar surface area (TPSA) is 20.2 Å². The first kappa shape index (κ1) is 14.4. The van der Waals surface area contributed by atoms with E-state index in [1.807, 2.05) is 0 Å². The van der Waals surface area contributed by atoms with Crippen LogP contribution in [-0.2, 0) is 0 Å². The van der Waals surface area contributed by atoms with E-state index in [2.05, 4.69) is 13.8 Å². The summed E-state index contributed by atoms with van der Waals surface area (Å²) in [5.74, 6) is 4.79. The molecule has 2 saturated carbocycles. The summed E-state index contributed by atoms with van der Waals surface area (Å²) in [6.07, 6.45) is 12.6. The van der Waals surface area contributed by atoms with Crippen LogP contribution in [0.4, 0.5) is 0 Å². The van der Waals surface area contributed by atoms with Crippen LogP contribution < -0.4 is 0 Å². The monoisotopic (exact) mass is 252 g/mol. The lowest BCUT2D eigenvalue weighted by Crippen LogP contribution is -2.32. The molecule has 0 saturated heterocycles. The minimum absolute atomic E-state index is 0.396. The molecule has 1 N–H and O–H groups in total. The van der Waals surface area contributed by atoms with Crippen molar-refractivity contribution in [2.45, 2.75) is 71.6 Å². The zero-order valence-corrected chi connectivity index (χ0v) is 12.4. The number of hydrogen-bond acceptors (Lipinski definition) is 1. The van der Waals surface area contributed by atoms with Crippen molar-refractivity contribution in [1.29, 1.82) is 0 Å². The van der Waals surface area contributed by atoms with Crippen molar-refractivity contribution in [3.05, 3.63) is 0 Å². The van der Waals surface area contributed by atoms with Gasteiger partial charge in [-0.1, -0.05) is 39.5 Å². The van der Waals surface area contributed by atoms with E-state index in [0.717, 1.165) is 36.0 Å². The van der Waals surface area contributed by atoms with Gasteiger partial charge in [-0.25, -0.2) is 0 Å². The number of hydrogen-bond donors (Lipinski definition) is 1. The third-order valence-electron chi connectivity index (χ3n) is 5.88. The van der Waals surface area contributed by atoms with Crippen LogP contribution in [0.2, 0.25) is 0 Å². The third-order valence-corrected chi connectivity index (χ3v) is 5.88. The molecule has 2 aliphatic rings. The summed E-state index contributed by atoms with van der Waals surface area (Å²) in [7, 11) is 0. The van der Waals surface area contributed by atoms with Gasteiger partial charge in [0.25, 0.3) is 0 Å². The number of rotatable bonds is 4. The van der Waals surface area contributed by atoms with Gasteiger partial charge in [0, 0.05) is 6.61 Å². The van der Waals surface area contributed by atoms with Crippen LogP contribution in [0.1, 0.15) is 71.6 Å². The van der Waals surface area contributed by atoms with Gasteiger partial charge in [-0.3, -0.25) is 0 Å². The summed E-state index contributed by atoms with van der Waals surface area (Å²) in [6.45, 7) is 5.20. The minimum atomic E-state index is 0.396. The Morgan fingerprint density at radius 1 is 1.00 bits per heavy atom. The Hall–Kier alpha value is -0.0400. The molecule has 0 heterocycles. The standard InChI is InChI=1S/C17H32O/c1-3-15-12-14(10-11-18)6-9-17(15)16-7-4-13(2)5-8-16/h13-18H,3-12H2,1-2H3. The number of aliphatic hydroxyl groups excluding tert-OH is 1. The molecule has 0 spiro atoms. The molecule has 0 aromatic carbocycles.